The molecule has 0 saturated heterocycles. The first-order valence-electron chi connectivity index (χ1n) is 7.19. The number of methoxy groups -OCH3 is 2. The number of imidazole rings is 1. The van der Waals surface area contributed by atoms with Crippen LogP contribution < -0.4 is 9.47 Å². The summed E-state index contributed by atoms with van der Waals surface area (Å²) < 4.78 is 10.9. The number of aromatic amines is 2. The number of nitrogens with one attached hydrogen (secondary N) is 2. The number of benzene rings is 1. The Hall–Kier alpha value is -2.34. The van der Waals surface area contributed by atoms with Gasteiger partial charge in [-0.05, 0) is 45.1 Å². The van der Waals surface area contributed by atoms with Gasteiger partial charge in [0.1, 0.15) is 11.5 Å². The van der Waals surface area contributed by atoms with Gasteiger partial charge in [0, 0.05) is 29.1 Å². The predicted molar refractivity (Wildman–Crippen MR) is 95.0 cm³/mol. The van der Waals surface area contributed by atoms with Gasteiger partial charge in [-0.2, -0.15) is 0 Å². The number of fused-ring (bicyclic) bond motifs is 1. The minimum atomic E-state index is 0.637. The van der Waals surface area contributed by atoms with Crippen molar-refractivity contribution >= 4 is 23.3 Å². The summed E-state index contributed by atoms with van der Waals surface area (Å²) in [5.41, 5.74) is 5.23. The fourth-order valence-corrected chi connectivity index (χ4v) is 2.48. The lowest BCUT2D eigenvalue weighted by molar-refractivity contribution is 0.407. The van der Waals surface area contributed by atoms with Crippen molar-refractivity contribution in [3.05, 3.63) is 46.0 Å². The van der Waals surface area contributed by atoms with Crippen LogP contribution >= 0.6 is 12.2 Å². The molecule has 3 aromatic rings. The van der Waals surface area contributed by atoms with Crippen LogP contribution in [0, 0.1) is 25.5 Å². The maximum Gasteiger partial charge on any atom is 0.175 e. The van der Waals surface area contributed by atoms with Gasteiger partial charge in [0.25, 0.3) is 0 Å². The van der Waals surface area contributed by atoms with Crippen LogP contribution in [0.2, 0.25) is 0 Å². The van der Waals surface area contributed by atoms with Crippen molar-refractivity contribution in [2.24, 2.45) is 0 Å². The molecule has 0 aliphatic carbocycles. The number of pyridine rings is 1. The molecule has 0 fully saturated rings. The molecular formula is C17H21N3O2S. The van der Waals surface area contributed by atoms with Gasteiger partial charge in [-0.1, -0.05) is 0 Å². The van der Waals surface area contributed by atoms with E-state index in [2.05, 4.69) is 15.0 Å². The summed E-state index contributed by atoms with van der Waals surface area (Å²) in [7, 11) is 3.33. The number of H-pyrrole nitrogens is 2. The Morgan fingerprint density at radius 3 is 2.30 bits per heavy atom. The topological polar surface area (TPSA) is 62.9 Å². The van der Waals surface area contributed by atoms with Gasteiger partial charge >= 0.3 is 0 Å². The lowest BCUT2D eigenvalue weighted by Gasteiger charge is -2.08. The Labute approximate surface area is 140 Å². The fraction of sp³-hybridized carbons (Fsp3) is 0.294. The number of ether oxygens (including phenoxy) is 2. The summed E-state index contributed by atoms with van der Waals surface area (Å²) in [4.78, 5) is 10.2. The van der Waals surface area contributed by atoms with Gasteiger partial charge in [0.05, 0.1) is 25.3 Å². The van der Waals surface area contributed by atoms with E-state index >= 15 is 0 Å². The van der Waals surface area contributed by atoms with Gasteiger partial charge < -0.3 is 19.4 Å². The van der Waals surface area contributed by atoms with Crippen molar-refractivity contribution in [2.75, 3.05) is 14.2 Å². The summed E-state index contributed by atoms with van der Waals surface area (Å²) in [6.07, 6.45) is 1.83. The van der Waals surface area contributed by atoms with Crippen molar-refractivity contribution < 1.29 is 9.47 Å². The van der Waals surface area contributed by atoms with Gasteiger partial charge in [-0.3, -0.25) is 4.98 Å². The highest BCUT2D eigenvalue weighted by atomic mass is 32.1. The molecule has 0 saturated carbocycles. The number of rotatable bonds is 2. The zero-order valence-corrected chi connectivity index (χ0v) is 14.8. The average molecular weight is 331 g/mol. The van der Waals surface area contributed by atoms with E-state index in [-0.39, 0.29) is 0 Å². The molecule has 0 radical (unpaired) electrons. The Kier molecular flexibility index (Phi) is 5.39. The van der Waals surface area contributed by atoms with Crippen molar-refractivity contribution in [3.8, 4) is 11.5 Å². The van der Waals surface area contributed by atoms with Crippen molar-refractivity contribution in [1.82, 2.24) is 15.0 Å². The van der Waals surface area contributed by atoms with E-state index < -0.39 is 0 Å². The molecule has 0 aliphatic rings. The number of aryl methyl sites for hydroxylation is 2. The van der Waals surface area contributed by atoms with Crippen LogP contribution in [0.5, 0.6) is 11.5 Å². The molecule has 0 atom stereocenters. The highest BCUT2D eigenvalue weighted by Gasteiger charge is 2.04. The first-order valence-corrected chi connectivity index (χ1v) is 7.60. The molecular weight excluding hydrogens is 310 g/mol. The third kappa shape index (κ3) is 3.90. The molecule has 0 amide bonds. The van der Waals surface area contributed by atoms with Crippen LogP contribution in [-0.2, 0) is 0 Å². The molecule has 5 nitrogen and oxygen atoms in total. The van der Waals surface area contributed by atoms with Crippen molar-refractivity contribution in [3.63, 3.8) is 0 Å². The van der Waals surface area contributed by atoms with Crippen LogP contribution in [0.3, 0.4) is 0 Å². The summed E-state index contributed by atoms with van der Waals surface area (Å²) in [5, 5.41) is 0. The van der Waals surface area contributed by atoms with Gasteiger partial charge in [-0.25, -0.2) is 0 Å². The van der Waals surface area contributed by atoms with Crippen LogP contribution in [-0.4, -0.2) is 29.2 Å². The first-order chi connectivity index (χ1) is 11.0. The van der Waals surface area contributed by atoms with Crippen molar-refractivity contribution in [1.29, 1.82) is 0 Å². The highest BCUT2D eigenvalue weighted by Crippen LogP contribution is 2.22. The lowest BCUT2D eigenvalue weighted by atomic mass is 10.1. The highest BCUT2D eigenvalue weighted by molar-refractivity contribution is 7.71. The maximum absolute atomic E-state index is 5.22. The van der Waals surface area contributed by atoms with Crippen LogP contribution in [0.25, 0.3) is 11.0 Å². The van der Waals surface area contributed by atoms with Gasteiger partial charge in [0.2, 0.25) is 0 Å². The molecule has 0 aliphatic heterocycles. The Balaban J connectivity index is 0.000000168. The van der Waals surface area contributed by atoms with E-state index in [0.717, 1.165) is 39.4 Å². The fourth-order valence-electron chi connectivity index (χ4n) is 2.26. The minimum absolute atomic E-state index is 0.637. The van der Waals surface area contributed by atoms with Crippen LogP contribution in [0.1, 0.15) is 16.8 Å². The van der Waals surface area contributed by atoms with E-state index in [9.17, 15) is 0 Å². The standard InChI is InChI=1S/C9H13NO.C8H8N2OS/c1-6-5-10-8(3)7(2)9(6)11-4;1-11-5-2-3-6-7(4-5)10-8(12)9-6/h5H,1-4H3;2-4H,1H3,(H2,9,10,12). The number of aromatic nitrogens is 3. The number of hydrogen-bond acceptors (Lipinski definition) is 4. The van der Waals surface area contributed by atoms with Crippen LogP contribution in [0.15, 0.2) is 24.4 Å². The SMILES string of the molecule is COc1c(C)cnc(C)c1C.COc1ccc2[nH]c(=S)[nH]c2c1. The van der Waals surface area contributed by atoms with E-state index in [1.165, 1.54) is 0 Å². The Morgan fingerprint density at radius 1 is 1.00 bits per heavy atom. The minimum Gasteiger partial charge on any atom is -0.497 e. The summed E-state index contributed by atoms with van der Waals surface area (Å²) in [6, 6.07) is 5.73. The maximum atomic E-state index is 5.22. The molecule has 2 aromatic heterocycles. The second-order valence-electron chi connectivity index (χ2n) is 5.18. The third-order valence-electron chi connectivity index (χ3n) is 3.62. The summed E-state index contributed by atoms with van der Waals surface area (Å²) >= 11 is 4.94. The van der Waals surface area contributed by atoms with E-state index in [0.29, 0.717) is 4.77 Å². The normalized spacial score (nSPS) is 10.1. The second kappa shape index (κ2) is 7.28. The quantitative estimate of drug-likeness (QED) is 0.689. The summed E-state index contributed by atoms with van der Waals surface area (Å²) in [5.74, 6) is 1.78. The van der Waals surface area contributed by atoms with Gasteiger partial charge in [-0.15, -0.1) is 0 Å². The largest absolute Gasteiger partial charge is 0.497 e. The molecule has 122 valence electrons. The molecule has 3 rings (SSSR count). The molecule has 2 N–H and O–H groups in total. The van der Waals surface area contributed by atoms with Crippen LogP contribution in [0.4, 0.5) is 0 Å². The van der Waals surface area contributed by atoms with Crippen molar-refractivity contribution in [2.45, 2.75) is 20.8 Å². The second-order valence-corrected chi connectivity index (χ2v) is 5.58. The molecule has 6 heteroatoms. The molecule has 0 bridgehead atoms. The van der Waals surface area contributed by atoms with Gasteiger partial charge in [0.15, 0.2) is 4.77 Å². The molecule has 1 aromatic carbocycles. The number of hydrogen-bond donors (Lipinski definition) is 2. The average Bonchev–Trinajstić information content (AvgIpc) is 2.91. The monoisotopic (exact) mass is 331 g/mol. The molecule has 0 spiro atoms. The molecule has 23 heavy (non-hydrogen) atoms. The molecule has 2 heterocycles. The predicted octanol–water partition coefficient (Wildman–Crippen LogP) is 4.25. The summed E-state index contributed by atoms with van der Waals surface area (Å²) in [6.45, 7) is 6.00. The smallest absolute Gasteiger partial charge is 0.175 e. The zero-order chi connectivity index (χ0) is 17.0. The number of nitrogens with zero attached hydrogens (tertiary/aromatic N) is 1. The first kappa shape index (κ1) is 17.0. The Bertz CT molecular complexity index is 868. The lowest BCUT2D eigenvalue weighted by Crippen LogP contribution is -1.95. The van der Waals surface area contributed by atoms with E-state index in [1.807, 2.05) is 45.2 Å². The van der Waals surface area contributed by atoms with E-state index in [1.54, 1.807) is 14.2 Å². The van der Waals surface area contributed by atoms with E-state index in [4.69, 9.17) is 21.7 Å². The zero-order valence-electron chi connectivity index (χ0n) is 14.0. The molecule has 0 unspecified atom stereocenters. The third-order valence-corrected chi connectivity index (χ3v) is 3.82. The Morgan fingerprint density at radius 2 is 1.70 bits per heavy atom.